The molecule has 6 heteroatoms. The minimum absolute atomic E-state index is 0.120. The Balaban J connectivity index is 1.49. The summed E-state index contributed by atoms with van der Waals surface area (Å²) in [4.78, 5) is 8.91. The van der Waals surface area contributed by atoms with E-state index in [0.29, 0.717) is 18.3 Å². The van der Waals surface area contributed by atoms with Crippen molar-refractivity contribution < 1.29 is 9.13 Å². The van der Waals surface area contributed by atoms with Crippen LogP contribution in [0.25, 0.3) is 11.4 Å². The van der Waals surface area contributed by atoms with Gasteiger partial charge >= 0.3 is 0 Å². The van der Waals surface area contributed by atoms with Crippen molar-refractivity contribution in [2.45, 2.75) is 31.7 Å². The molecular weight excluding hydrogens is 331 g/mol. The number of benzene rings is 1. The summed E-state index contributed by atoms with van der Waals surface area (Å²) in [6.07, 6.45) is 6.81. The molecule has 0 N–H and O–H groups in total. The van der Waals surface area contributed by atoms with Crippen molar-refractivity contribution in [2.24, 2.45) is 5.92 Å². The first-order valence-electron chi connectivity index (χ1n) is 9.02. The quantitative estimate of drug-likeness (QED) is 0.721. The molecule has 26 heavy (non-hydrogen) atoms. The lowest BCUT2D eigenvalue weighted by atomic mass is 9.96. The molecule has 1 saturated carbocycles. The summed E-state index contributed by atoms with van der Waals surface area (Å²) in [5.41, 5.74) is 1.99. The van der Waals surface area contributed by atoms with Gasteiger partial charge in [-0.05, 0) is 48.9 Å². The number of fused-ring (bicyclic) bond motifs is 1. The molecule has 1 unspecified atom stereocenters. The van der Waals surface area contributed by atoms with E-state index >= 15 is 0 Å². The number of hydrogen-bond acceptors (Lipinski definition) is 4. The summed E-state index contributed by atoms with van der Waals surface area (Å²) >= 11 is 0. The van der Waals surface area contributed by atoms with Gasteiger partial charge in [0, 0.05) is 30.6 Å². The van der Waals surface area contributed by atoms with E-state index in [2.05, 4.69) is 9.67 Å². The number of nitrogens with zero attached hydrogens (tertiary/aromatic N) is 4. The van der Waals surface area contributed by atoms with Crippen LogP contribution in [-0.4, -0.2) is 26.4 Å². The molecule has 1 fully saturated rings. The molecule has 0 amide bonds. The molecule has 3 aromatic rings. The molecule has 3 heterocycles. The van der Waals surface area contributed by atoms with Crippen molar-refractivity contribution in [2.75, 3.05) is 6.61 Å². The smallest absolute Gasteiger partial charge is 0.181 e. The number of hydrogen-bond donors (Lipinski definition) is 0. The Morgan fingerprint density at radius 3 is 2.81 bits per heavy atom. The number of ether oxygens (including phenoxy) is 1. The predicted octanol–water partition coefficient (Wildman–Crippen LogP) is 3.61. The Bertz CT molecular complexity index is 936. The van der Waals surface area contributed by atoms with Gasteiger partial charge in [0.05, 0.1) is 12.5 Å². The third-order valence-electron chi connectivity index (χ3n) is 5.07. The fourth-order valence-corrected chi connectivity index (χ4v) is 3.47. The van der Waals surface area contributed by atoms with Gasteiger partial charge in [-0.15, -0.1) is 0 Å². The normalized spacial score (nSPS) is 19.0. The average Bonchev–Trinajstić information content (AvgIpc) is 3.39. The Morgan fingerprint density at radius 2 is 2.00 bits per heavy atom. The maximum Gasteiger partial charge on any atom is 0.181 e. The molecule has 2 aromatic heterocycles. The fourth-order valence-electron chi connectivity index (χ4n) is 3.47. The summed E-state index contributed by atoms with van der Waals surface area (Å²) in [5, 5.41) is 4.77. The van der Waals surface area contributed by atoms with Crippen LogP contribution < -0.4 is 4.74 Å². The Morgan fingerprint density at radius 1 is 1.15 bits per heavy atom. The van der Waals surface area contributed by atoms with Crippen LogP contribution in [0.2, 0.25) is 0 Å². The minimum atomic E-state index is -0.265. The van der Waals surface area contributed by atoms with Crippen molar-refractivity contribution >= 4 is 0 Å². The van der Waals surface area contributed by atoms with Crippen LogP contribution in [0, 0.1) is 11.7 Å². The maximum atomic E-state index is 13.4. The van der Waals surface area contributed by atoms with E-state index in [4.69, 9.17) is 14.8 Å². The monoisotopic (exact) mass is 350 g/mol. The Hall–Kier alpha value is -2.76. The second-order valence-corrected chi connectivity index (χ2v) is 7.12. The third kappa shape index (κ3) is 2.96. The lowest BCUT2D eigenvalue weighted by Crippen LogP contribution is -2.23. The zero-order valence-electron chi connectivity index (χ0n) is 14.3. The van der Waals surface area contributed by atoms with Crippen LogP contribution in [0.15, 0.2) is 42.7 Å². The number of pyridine rings is 1. The van der Waals surface area contributed by atoms with Gasteiger partial charge in [0.15, 0.2) is 5.82 Å². The molecule has 5 rings (SSSR count). The van der Waals surface area contributed by atoms with Crippen molar-refractivity contribution in [3.05, 3.63) is 59.9 Å². The molecule has 132 valence electrons. The molecule has 0 bridgehead atoms. The summed E-state index contributed by atoms with van der Waals surface area (Å²) in [7, 11) is 0. The zero-order valence-corrected chi connectivity index (χ0v) is 14.3. The van der Waals surface area contributed by atoms with Gasteiger partial charge in [-0.2, -0.15) is 5.10 Å². The average molecular weight is 350 g/mol. The lowest BCUT2D eigenvalue weighted by Gasteiger charge is -2.25. The van der Waals surface area contributed by atoms with Crippen LogP contribution in [0.1, 0.15) is 30.1 Å². The Labute approximate surface area is 150 Å². The zero-order chi connectivity index (χ0) is 17.5. The van der Waals surface area contributed by atoms with E-state index < -0.39 is 0 Å². The molecule has 2 aliphatic rings. The first kappa shape index (κ1) is 15.5. The highest BCUT2D eigenvalue weighted by Gasteiger charge is 2.30. The van der Waals surface area contributed by atoms with Crippen LogP contribution in [-0.2, 0) is 13.0 Å². The molecule has 0 radical (unpaired) electrons. The minimum Gasteiger partial charge on any atom is -0.492 e. The summed E-state index contributed by atoms with van der Waals surface area (Å²) in [6.45, 7) is 1.40. The number of halogens is 1. The van der Waals surface area contributed by atoms with Crippen molar-refractivity contribution in [1.82, 2.24) is 19.7 Å². The van der Waals surface area contributed by atoms with E-state index in [1.165, 1.54) is 25.0 Å². The summed E-state index contributed by atoms with van der Waals surface area (Å²) in [6, 6.07) is 8.61. The van der Waals surface area contributed by atoms with Gasteiger partial charge in [-0.1, -0.05) is 6.07 Å². The van der Waals surface area contributed by atoms with E-state index in [1.807, 2.05) is 18.2 Å². The summed E-state index contributed by atoms with van der Waals surface area (Å²) in [5.74, 6) is 2.89. The van der Waals surface area contributed by atoms with E-state index in [0.717, 1.165) is 35.7 Å². The maximum absolute atomic E-state index is 13.4. The first-order chi connectivity index (χ1) is 12.8. The second-order valence-electron chi connectivity index (χ2n) is 7.12. The highest BCUT2D eigenvalue weighted by molar-refractivity contribution is 5.53. The Kier molecular flexibility index (Phi) is 3.69. The molecule has 1 aliphatic heterocycles. The van der Waals surface area contributed by atoms with Gasteiger partial charge in [-0.25, -0.2) is 14.1 Å². The lowest BCUT2D eigenvalue weighted by molar-refractivity contribution is 0.251. The highest BCUT2D eigenvalue weighted by atomic mass is 19.1. The van der Waals surface area contributed by atoms with Crippen molar-refractivity contribution in [3.8, 4) is 17.1 Å². The van der Waals surface area contributed by atoms with E-state index in [-0.39, 0.29) is 11.7 Å². The third-order valence-corrected chi connectivity index (χ3v) is 5.07. The number of aromatic nitrogens is 4. The predicted molar refractivity (Wildman–Crippen MR) is 94.3 cm³/mol. The van der Waals surface area contributed by atoms with Crippen LogP contribution >= 0.6 is 0 Å². The SMILES string of the molecule is Fc1ccc2c(c1)OCC(c1nc(-c3ccncc3)nn1CC1CC1)C2. The second kappa shape index (κ2) is 6.20. The van der Waals surface area contributed by atoms with Crippen LogP contribution in [0.5, 0.6) is 5.75 Å². The molecule has 1 aromatic carbocycles. The van der Waals surface area contributed by atoms with Gasteiger partial charge < -0.3 is 4.74 Å². The largest absolute Gasteiger partial charge is 0.492 e. The first-order valence-corrected chi connectivity index (χ1v) is 9.02. The molecular formula is C20H19FN4O. The fraction of sp³-hybridized carbons (Fsp3) is 0.350. The molecule has 0 saturated heterocycles. The van der Waals surface area contributed by atoms with Gasteiger partial charge in [0.25, 0.3) is 0 Å². The molecule has 1 aliphatic carbocycles. The molecule has 0 spiro atoms. The van der Waals surface area contributed by atoms with Crippen LogP contribution in [0.3, 0.4) is 0 Å². The van der Waals surface area contributed by atoms with Gasteiger partial charge in [0.2, 0.25) is 0 Å². The number of rotatable bonds is 4. The highest BCUT2D eigenvalue weighted by Crippen LogP contribution is 2.35. The standard InChI is InChI=1S/C20H19FN4O/c21-17-4-3-15-9-16(12-26-18(15)10-17)20-23-19(14-5-7-22-8-6-14)24-25(20)11-13-1-2-13/h3-8,10,13,16H,1-2,9,11-12H2. The van der Waals surface area contributed by atoms with Crippen LogP contribution in [0.4, 0.5) is 4.39 Å². The van der Waals surface area contributed by atoms with Gasteiger partial charge in [0.1, 0.15) is 17.4 Å². The van der Waals surface area contributed by atoms with E-state index in [9.17, 15) is 4.39 Å². The van der Waals surface area contributed by atoms with Crippen molar-refractivity contribution in [3.63, 3.8) is 0 Å². The van der Waals surface area contributed by atoms with Crippen molar-refractivity contribution in [1.29, 1.82) is 0 Å². The van der Waals surface area contributed by atoms with Gasteiger partial charge in [-0.3, -0.25) is 4.98 Å². The topological polar surface area (TPSA) is 52.8 Å². The molecule has 1 atom stereocenters. The summed E-state index contributed by atoms with van der Waals surface area (Å²) < 4.78 is 21.3. The van der Waals surface area contributed by atoms with E-state index in [1.54, 1.807) is 12.4 Å². The molecule has 5 nitrogen and oxygen atoms in total.